The number of allylic oxidation sites excluding steroid dienone is 1. The van der Waals surface area contributed by atoms with Gasteiger partial charge in [-0.2, -0.15) is 5.26 Å². The van der Waals surface area contributed by atoms with Gasteiger partial charge in [-0.15, -0.1) is 0 Å². The minimum atomic E-state index is -0.679. The monoisotopic (exact) mass is 438 g/mol. The molecule has 7 heteroatoms. The van der Waals surface area contributed by atoms with Gasteiger partial charge in [0.2, 0.25) is 5.88 Å². The molecule has 4 aromatic rings. The van der Waals surface area contributed by atoms with Gasteiger partial charge >= 0.3 is 0 Å². The topological polar surface area (TPSA) is 119 Å². The molecular weight excluding hydrogens is 420 g/mol. The molecule has 0 fully saturated rings. The van der Waals surface area contributed by atoms with Gasteiger partial charge in [-0.05, 0) is 17.7 Å². The van der Waals surface area contributed by atoms with Gasteiger partial charge in [-0.25, -0.2) is 0 Å². The van der Waals surface area contributed by atoms with Gasteiger partial charge in [0, 0.05) is 17.7 Å². The molecule has 162 valence electrons. The molecule has 5 rings (SSSR count). The van der Waals surface area contributed by atoms with E-state index in [-0.39, 0.29) is 33.9 Å². The number of benzene rings is 3. The summed E-state index contributed by atoms with van der Waals surface area (Å²) in [4.78, 5) is 13.0. The zero-order valence-corrected chi connectivity index (χ0v) is 17.5. The molecule has 0 amide bonds. The Balaban J connectivity index is 1.86. The van der Waals surface area contributed by atoms with Crippen molar-refractivity contribution in [3.05, 3.63) is 99.5 Å². The Hall–Kier alpha value is -4.70. The smallest absolute Gasteiger partial charge is 0.205 e. The van der Waals surface area contributed by atoms with E-state index in [1.807, 2.05) is 30.3 Å². The number of rotatable bonds is 3. The lowest BCUT2D eigenvalue weighted by Gasteiger charge is -2.27. The molecule has 0 saturated carbocycles. The highest BCUT2D eigenvalue weighted by molar-refractivity contribution is 5.91. The Bertz CT molecular complexity index is 1510. The van der Waals surface area contributed by atoms with Crippen molar-refractivity contribution in [2.24, 2.45) is 5.73 Å². The van der Waals surface area contributed by atoms with Gasteiger partial charge < -0.3 is 24.7 Å². The van der Waals surface area contributed by atoms with Crippen LogP contribution in [0.15, 0.2) is 87.4 Å². The van der Waals surface area contributed by atoms with E-state index in [0.717, 1.165) is 5.56 Å². The number of hydrogen-bond donors (Lipinski definition) is 2. The van der Waals surface area contributed by atoms with Crippen LogP contribution < -0.4 is 20.6 Å². The number of nitrogens with two attached hydrogens (primary N) is 1. The molecule has 0 spiro atoms. The van der Waals surface area contributed by atoms with E-state index in [9.17, 15) is 15.2 Å². The number of fused-ring (bicyclic) bond motifs is 3. The first kappa shape index (κ1) is 20.2. The molecule has 1 atom stereocenters. The SMILES string of the molecule is COc1ccc(C2C(C#N)=C(N)Oc3cc(O)c4c(=O)cc(-c5ccccc5)oc4c32)cc1. The molecule has 0 radical (unpaired) electrons. The minimum absolute atomic E-state index is 0.00769. The highest BCUT2D eigenvalue weighted by Crippen LogP contribution is 2.48. The van der Waals surface area contributed by atoms with Crippen LogP contribution in [0.3, 0.4) is 0 Å². The molecule has 2 heterocycles. The van der Waals surface area contributed by atoms with Crippen LogP contribution in [0.5, 0.6) is 17.2 Å². The quantitative estimate of drug-likeness (QED) is 0.487. The third kappa shape index (κ3) is 3.25. The largest absolute Gasteiger partial charge is 0.507 e. The van der Waals surface area contributed by atoms with Crippen LogP contribution in [0.2, 0.25) is 0 Å². The van der Waals surface area contributed by atoms with E-state index >= 15 is 0 Å². The molecule has 1 aromatic heterocycles. The highest BCUT2D eigenvalue weighted by atomic mass is 16.5. The van der Waals surface area contributed by atoms with Crippen LogP contribution >= 0.6 is 0 Å². The first-order chi connectivity index (χ1) is 16.0. The Morgan fingerprint density at radius 3 is 2.48 bits per heavy atom. The van der Waals surface area contributed by atoms with Crippen molar-refractivity contribution in [3.8, 4) is 34.6 Å². The Kier molecular flexibility index (Phi) is 4.76. The maximum atomic E-state index is 13.0. The van der Waals surface area contributed by atoms with Crippen LogP contribution in [0.25, 0.3) is 22.3 Å². The van der Waals surface area contributed by atoms with E-state index in [0.29, 0.717) is 22.6 Å². The summed E-state index contributed by atoms with van der Waals surface area (Å²) in [6.07, 6.45) is 0. The lowest BCUT2D eigenvalue weighted by Crippen LogP contribution is -2.22. The second-order valence-corrected chi connectivity index (χ2v) is 7.55. The maximum absolute atomic E-state index is 13.0. The Morgan fingerprint density at radius 2 is 1.82 bits per heavy atom. The normalized spacial score (nSPS) is 15.0. The summed E-state index contributed by atoms with van der Waals surface area (Å²) in [5, 5.41) is 20.5. The fraction of sp³-hybridized carbons (Fsp3) is 0.0769. The minimum Gasteiger partial charge on any atom is -0.507 e. The van der Waals surface area contributed by atoms with Gasteiger partial charge in [0.1, 0.15) is 45.6 Å². The lowest BCUT2D eigenvalue weighted by atomic mass is 9.82. The van der Waals surface area contributed by atoms with E-state index in [4.69, 9.17) is 19.6 Å². The third-order valence-electron chi connectivity index (χ3n) is 5.67. The van der Waals surface area contributed by atoms with Crippen molar-refractivity contribution < 1.29 is 19.0 Å². The van der Waals surface area contributed by atoms with Gasteiger partial charge in [0.25, 0.3) is 0 Å². The van der Waals surface area contributed by atoms with Crippen molar-refractivity contribution in [2.45, 2.75) is 5.92 Å². The molecule has 1 aliphatic rings. The summed E-state index contributed by atoms with van der Waals surface area (Å²) in [7, 11) is 1.56. The van der Waals surface area contributed by atoms with Crippen LogP contribution in [-0.2, 0) is 0 Å². The van der Waals surface area contributed by atoms with Crippen molar-refractivity contribution in [3.63, 3.8) is 0 Å². The van der Waals surface area contributed by atoms with E-state index in [2.05, 4.69) is 6.07 Å². The lowest BCUT2D eigenvalue weighted by molar-refractivity contribution is 0.388. The second-order valence-electron chi connectivity index (χ2n) is 7.55. The molecule has 0 aliphatic carbocycles. The Morgan fingerprint density at radius 1 is 1.09 bits per heavy atom. The van der Waals surface area contributed by atoms with Gasteiger partial charge in [0.05, 0.1) is 18.6 Å². The van der Waals surface area contributed by atoms with Crippen LogP contribution in [0.4, 0.5) is 0 Å². The zero-order valence-electron chi connectivity index (χ0n) is 17.5. The van der Waals surface area contributed by atoms with Crippen molar-refractivity contribution >= 4 is 11.0 Å². The van der Waals surface area contributed by atoms with Crippen molar-refractivity contribution in [1.29, 1.82) is 5.26 Å². The number of nitrogens with zero attached hydrogens (tertiary/aromatic N) is 1. The van der Waals surface area contributed by atoms with Crippen LogP contribution in [0, 0.1) is 11.3 Å². The fourth-order valence-corrected chi connectivity index (χ4v) is 4.12. The zero-order chi connectivity index (χ0) is 23.1. The van der Waals surface area contributed by atoms with Gasteiger partial charge in [-0.3, -0.25) is 4.79 Å². The predicted octanol–water partition coefficient (Wildman–Crippen LogP) is 4.39. The summed E-state index contributed by atoms with van der Waals surface area (Å²) in [6.45, 7) is 0. The summed E-state index contributed by atoms with van der Waals surface area (Å²) in [5.41, 5.74) is 7.82. The average Bonchev–Trinajstić information content (AvgIpc) is 2.83. The highest BCUT2D eigenvalue weighted by Gasteiger charge is 2.35. The number of hydrogen-bond acceptors (Lipinski definition) is 7. The maximum Gasteiger partial charge on any atom is 0.205 e. The average molecular weight is 438 g/mol. The molecule has 7 nitrogen and oxygen atoms in total. The van der Waals surface area contributed by atoms with E-state index < -0.39 is 11.3 Å². The van der Waals surface area contributed by atoms with Crippen molar-refractivity contribution in [2.75, 3.05) is 7.11 Å². The predicted molar refractivity (Wildman–Crippen MR) is 122 cm³/mol. The second kappa shape index (κ2) is 7.77. The molecular formula is C26H18N2O5. The molecule has 3 aromatic carbocycles. The number of ether oxygens (including phenoxy) is 2. The summed E-state index contributed by atoms with van der Waals surface area (Å²) >= 11 is 0. The third-order valence-corrected chi connectivity index (χ3v) is 5.67. The summed E-state index contributed by atoms with van der Waals surface area (Å²) in [6, 6.07) is 21.1. The van der Waals surface area contributed by atoms with E-state index in [1.165, 1.54) is 12.1 Å². The summed E-state index contributed by atoms with van der Waals surface area (Å²) < 4.78 is 17.1. The van der Waals surface area contributed by atoms with Crippen molar-refractivity contribution in [1.82, 2.24) is 0 Å². The molecule has 1 aliphatic heterocycles. The number of phenols is 1. The number of aromatic hydroxyl groups is 1. The molecule has 3 N–H and O–H groups in total. The standard InChI is InChI=1S/C26H18N2O5/c1-31-16-9-7-15(8-10-16)22-17(13-27)26(28)33-21-12-19(30)23-18(29)11-20(32-25(23)24(21)22)14-5-3-2-4-6-14/h2-12,22,30H,28H2,1H3. The fourth-order valence-electron chi connectivity index (χ4n) is 4.12. The molecule has 1 unspecified atom stereocenters. The molecule has 33 heavy (non-hydrogen) atoms. The van der Waals surface area contributed by atoms with Gasteiger partial charge in [0.15, 0.2) is 5.43 Å². The summed E-state index contributed by atoms with van der Waals surface area (Å²) in [5.74, 6) is 0.142. The first-order valence-corrected chi connectivity index (χ1v) is 10.1. The Labute approximate surface area is 188 Å². The molecule has 0 bridgehead atoms. The first-order valence-electron chi connectivity index (χ1n) is 10.1. The van der Waals surface area contributed by atoms with Gasteiger partial charge in [-0.1, -0.05) is 42.5 Å². The number of methoxy groups -OCH3 is 1. The van der Waals surface area contributed by atoms with Crippen LogP contribution in [0.1, 0.15) is 17.0 Å². The van der Waals surface area contributed by atoms with E-state index in [1.54, 1.807) is 31.4 Å². The number of phenolic OH excluding ortho intramolecular Hbond substituents is 1. The molecule has 0 saturated heterocycles. The van der Waals surface area contributed by atoms with Crippen LogP contribution in [-0.4, -0.2) is 12.2 Å². The number of nitriles is 1.